The van der Waals surface area contributed by atoms with Gasteiger partial charge in [-0.3, -0.25) is 0 Å². The van der Waals surface area contributed by atoms with E-state index in [-0.39, 0.29) is 11.6 Å². The molecule has 0 saturated heterocycles. The molecule has 1 rings (SSSR count). The van der Waals surface area contributed by atoms with E-state index in [4.69, 9.17) is 17.3 Å². The van der Waals surface area contributed by atoms with Crippen molar-refractivity contribution in [2.24, 2.45) is 5.73 Å². The van der Waals surface area contributed by atoms with Crippen molar-refractivity contribution < 1.29 is 9.50 Å². The fourth-order valence-corrected chi connectivity index (χ4v) is 0.973. The highest BCUT2D eigenvalue weighted by Crippen LogP contribution is 2.19. The summed E-state index contributed by atoms with van der Waals surface area (Å²) in [6, 6.07) is 4.12. The van der Waals surface area contributed by atoms with E-state index >= 15 is 0 Å². The maximum Gasteiger partial charge on any atom is 0.142 e. The van der Waals surface area contributed by atoms with Crippen LogP contribution in [0.3, 0.4) is 0 Å². The number of benzene rings is 1. The zero-order valence-corrected chi connectivity index (χ0v) is 7.05. The number of nitrogens with two attached hydrogens (primary N) is 1. The van der Waals surface area contributed by atoms with Gasteiger partial charge in [0.05, 0.1) is 11.1 Å². The van der Waals surface area contributed by atoms with Gasteiger partial charge in [-0.25, -0.2) is 4.39 Å². The molecule has 0 spiro atoms. The van der Waals surface area contributed by atoms with Crippen LogP contribution in [-0.4, -0.2) is 11.7 Å². The Balaban J connectivity index is 2.96. The molecule has 0 aliphatic rings. The summed E-state index contributed by atoms with van der Waals surface area (Å²) in [7, 11) is 0. The highest BCUT2D eigenvalue weighted by molar-refractivity contribution is 6.30. The highest BCUT2D eigenvalue weighted by atomic mass is 35.5. The predicted octanol–water partition coefficient (Wildman–Crippen LogP) is 1.47. The van der Waals surface area contributed by atoms with Crippen LogP contribution in [-0.2, 0) is 0 Å². The van der Waals surface area contributed by atoms with Crippen molar-refractivity contribution in [1.82, 2.24) is 0 Å². The molecule has 4 heteroatoms. The van der Waals surface area contributed by atoms with Crippen LogP contribution >= 0.6 is 11.6 Å². The first-order valence-corrected chi connectivity index (χ1v) is 3.86. The van der Waals surface area contributed by atoms with E-state index < -0.39 is 11.9 Å². The minimum atomic E-state index is -0.822. The molecule has 66 valence electrons. The second-order valence-corrected chi connectivity index (χ2v) is 2.83. The van der Waals surface area contributed by atoms with Crippen molar-refractivity contribution in [3.05, 3.63) is 34.6 Å². The van der Waals surface area contributed by atoms with Crippen LogP contribution in [0.5, 0.6) is 0 Å². The maximum atomic E-state index is 12.8. The quantitative estimate of drug-likeness (QED) is 0.740. The molecule has 0 aromatic heterocycles. The highest BCUT2D eigenvalue weighted by Gasteiger charge is 2.07. The van der Waals surface area contributed by atoms with Crippen LogP contribution < -0.4 is 5.73 Å². The molecule has 0 aliphatic heterocycles. The van der Waals surface area contributed by atoms with E-state index in [9.17, 15) is 9.50 Å². The van der Waals surface area contributed by atoms with E-state index in [1.807, 2.05) is 0 Å². The van der Waals surface area contributed by atoms with E-state index in [0.717, 1.165) is 0 Å². The number of hydrogen-bond acceptors (Lipinski definition) is 2. The Bertz CT molecular complexity index is 280. The Hall–Kier alpha value is -0.640. The third-order valence-electron chi connectivity index (χ3n) is 1.55. The molecule has 3 N–H and O–H groups in total. The summed E-state index contributed by atoms with van der Waals surface area (Å²) < 4.78 is 12.8. The Morgan fingerprint density at radius 1 is 1.58 bits per heavy atom. The molecule has 1 aromatic rings. The van der Waals surface area contributed by atoms with Gasteiger partial charge in [-0.1, -0.05) is 17.7 Å². The summed E-state index contributed by atoms with van der Waals surface area (Å²) >= 11 is 5.44. The van der Waals surface area contributed by atoms with E-state index in [0.29, 0.717) is 5.56 Å². The van der Waals surface area contributed by atoms with Crippen molar-refractivity contribution in [3.8, 4) is 0 Å². The average Bonchev–Trinajstić information content (AvgIpc) is 2.08. The van der Waals surface area contributed by atoms with Gasteiger partial charge in [0, 0.05) is 6.54 Å². The third kappa shape index (κ3) is 1.94. The minimum absolute atomic E-state index is 0.0444. The number of hydrogen-bond donors (Lipinski definition) is 2. The Morgan fingerprint density at radius 3 is 2.75 bits per heavy atom. The molecule has 0 heterocycles. The van der Waals surface area contributed by atoms with Crippen molar-refractivity contribution in [2.75, 3.05) is 6.54 Å². The lowest BCUT2D eigenvalue weighted by atomic mass is 10.1. The SMILES string of the molecule is NC[C@H](O)c1ccc(Cl)c(F)c1. The minimum Gasteiger partial charge on any atom is -0.387 e. The molecule has 0 saturated carbocycles. The van der Waals surface area contributed by atoms with Crippen molar-refractivity contribution in [3.63, 3.8) is 0 Å². The van der Waals surface area contributed by atoms with Gasteiger partial charge >= 0.3 is 0 Å². The summed E-state index contributed by atoms with van der Waals surface area (Å²) in [6.07, 6.45) is -0.822. The summed E-state index contributed by atoms with van der Waals surface area (Å²) in [5.41, 5.74) is 5.63. The lowest BCUT2D eigenvalue weighted by Crippen LogP contribution is -2.11. The molecule has 1 atom stereocenters. The van der Waals surface area contributed by atoms with Crippen molar-refractivity contribution in [2.45, 2.75) is 6.10 Å². The number of aliphatic hydroxyl groups is 1. The van der Waals surface area contributed by atoms with E-state index in [1.165, 1.54) is 12.1 Å². The van der Waals surface area contributed by atoms with Crippen LogP contribution in [0.25, 0.3) is 0 Å². The molecule has 1 aromatic carbocycles. The molecule has 2 nitrogen and oxygen atoms in total. The molecule has 0 aliphatic carbocycles. The topological polar surface area (TPSA) is 46.2 Å². The van der Waals surface area contributed by atoms with Gasteiger partial charge in [-0.15, -0.1) is 0 Å². The lowest BCUT2D eigenvalue weighted by molar-refractivity contribution is 0.186. The van der Waals surface area contributed by atoms with Crippen LogP contribution in [0.1, 0.15) is 11.7 Å². The third-order valence-corrected chi connectivity index (χ3v) is 1.86. The average molecular weight is 190 g/mol. The first-order chi connectivity index (χ1) is 5.65. The zero-order valence-electron chi connectivity index (χ0n) is 6.30. The van der Waals surface area contributed by atoms with Crippen LogP contribution in [0.4, 0.5) is 4.39 Å². The molecule has 0 fully saturated rings. The lowest BCUT2D eigenvalue weighted by Gasteiger charge is -2.07. The van der Waals surface area contributed by atoms with Crippen LogP contribution in [0.2, 0.25) is 5.02 Å². The van der Waals surface area contributed by atoms with Crippen molar-refractivity contribution in [1.29, 1.82) is 0 Å². The fourth-order valence-electron chi connectivity index (χ4n) is 0.856. The number of aliphatic hydroxyl groups excluding tert-OH is 1. The molecule has 0 amide bonds. The van der Waals surface area contributed by atoms with Gasteiger partial charge < -0.3 is 10.8 Å². The Kier molecular flexibility index (Phi) is 3.03. The van der Waals surface area contributed by atoms with Crippen LogP contribution in [0.15, 0.2) is 18.2 Å². The Morgan fingerprint density at radius 2 is 2.25 bits per heavy atom. The van der Waals surface area contributed by atoms with Gasteiger partial charge in [-0.05, 0) is 17.7 Å². The summed E-state index contributed by atoms with van der Waals surface area (Å²) in [4.78, 5) is 0. The smallest absolute Gasteiger partial charge is 0.142 e. The van der Waals surface area contributed by atoms with Crippen molar-refractivity contribution >= 4 is 11.6 Å². The largest absolute Gasteiger partial charge is 0.387 e. The molecular weight excluding hydrogens is 181 g/mol. The first-order valence-electron chi connectivity index (χ1n) is 3.48. The predicted molar refractivity (Wildman–Crippen MR) is 45.4 cm³/mol. The van der Waals surface area contributed by atoms with Gasteiger partial charge in [0.2, 0.25) is 0 Å². The van der Waals surface area contributed by atoms with Gasteiger partial charge in [0.25, 0.3) is 0 Å². The summed E-state index contributed by atoms with van der Waals surface area (Å²) in [5, 5.41) is 9.25. The zero-order chi connectivity index (χ0) is 9.14. The monoisotopic (exact) mass is 189 g/mol. The molecule has 12 heavy (non-hydrogen) atoms. The van der Waals surface area contributed by atoms with E-state index in [2.05, 4.69) is 0 Å². The summed E-state index contributed by atoms with van der Waals surface area (Å²) in [6.45, 7) is 0.0705. The fraction of sp³-hybridized carbons (Fsp3) is 0.250. The molecule has 0 unspecified atom stereocenters. The second kappa shape index (κ2) is 3.85. The number of halogens is 2. The standard InChI is InChI=1S/C8H9ClFNO/c9-6-2-1-5(3-7(6)10)8(12)4-11/h1-3,8,12H,4,11H2/t8-/m0/s1. The molecule has 0 radical (unpaired) electrons. The Labute approximate surface area is 74.8 Å². The van der Waals surface area contributed by atoms with Gasteiger partial charge in [-0.2, -0.15) is 0 Å². The second-order valence-electron chi connectivity index (χ2n) is 2.43. The normalized spacial score (nSPS) is 13.0. The first kappa shape index (κ1) is 9.45. The summed E-state index contributed by atoms with van der Waals surface area (Å²) in [5.74, 6) is -0.540. The molecular formula is C8H9ClFNO. The molecule has 0 bridgehead atoms. The van der Waals surface area contributed by atoms with Crippen LogP contribution in [0, 0.1) is 5.82 Å². The number of rotatable bonds is 2. The van der Waals surface area contributed by atoms with E-state index in [1.54, 1.807) is 6.07 Å². The van der Waals surface area contributed by atoms with Gasteiger partial charge in [0.1, 0.15) is 5.82 Å². The maximum absolute atomic E-state index is 12.8. The van der Waals surface area contributed by atoms with Gasteiger partial charge in [0.15, 0.2) is 0 Å².